The summed E-state index contributed by atoms with van der Waals surface area (Å²) in [6.45, 7) is 6.67. The largest absolute Gasteiger partial charge is 0.274 e. The number of rotatable bonds is 2. The van der Waals surface area contributed by atoms with E-state index in [1.165, 1.54) is 18.9 Å². The summed E-state index contributed by atoms with van der Waals surface area (Å²) in [4.78, 5) is 21.7. The van der Waals surface area contributed by atoms with Crippen LogP contribution >= 0.6 is 0 Å². The molecule has 0 aliphatic heterocycles. The normalized spacial score (nSPS) is 12.0. The first kappa shape index (κ1) is 10.9. The van der Waals surface area contributed by atoms with E-state index in [4.69, 9.17) is 0 Å². The number of hydrogen-bond donors (Lipinski definition) is 1. The molecular formula is C8H16N2O2. The first-order valence-corrected chi connectivity index (χ1v) is 4.06. The maximum absolute atomic E-state index is 11.0. The second kappa shape index (κ2) is 4.74. The van der Waals surface area contributed by atoms with Gasteiger partial charge in [0, 0.05) is 13.8 Å². The zero-order valence-corrected chi connectivity index (χ0v) is 8.05. The van der Waals surface area contributed by atoms with Gasteiger partial charge in [0.15, 0.2) is 0 Å². The SMILES string of the molecule is CCC(C)N(NC(C)=O)C(C)=O. The van der Waals surface area contributed by atoms with E-state index < -0.39 is 0 Å². The number of carbonyl (C=O) groups excluding carboxylic acids is 2. The third-order valence-corrected chi connectivity index (χ3v) is 1.65. The highest BCUT2D eigenvalue weighted by Gasteiger charge is 2.15. The molecule has 0 bridgehead atoms. The topological polar surface area (TPSA) is 49.4 Å². The third-order valence-electron chi connectivity index (χ3n) is 1.65. The Morgan fingerprint density at radius 2 is 1.92 bits per heavy atom. The summed E-state index contributed by atoms with van der Waals surface area (Å²) in [5.41, 5.74) is 2.47. The van der Waals surface area contributed by atoms with Gasteiger partial charge in [-0.15, -0.1) is 0 Å². The zero-order chi connectivity index (χ0) is 9.72. The highest BCUT2D eigenvalue weighted by atomic mass is 16.2. The maximum atomic E-state index is 11.0. The molecule has 0 aromatic heterocycles. The first-order chi connectivity index (χ1) is 5.49. The Bertz CT molecular complexity index is 180. The minimum Gasteiger partial charge on any atom is -0.274 e. The van der Waals surface area contributed by atoms with E-state index >= 15 is 0 Å². The molecule has 0 fully saturated rings. The van der Waals surface area contributed by atoms with Gasteiger partial charge in [-0.1, -0.05) is 6.92 Å². The van der Waals surface area contributed by atoms with Gasteiger partial charge < -0.3 is 0 Å². The standard InChI is InChI=1S/C8H16N2O2/c1-5-6(2)10(8(4)12)9-7(3)11/h6H,5H2,1-4H3,(H,9,11). The Labute approximate surface area is 72.9 Å². The second-order valence-corrected chi connectivity index (χ2v) is 2.81. The number of hydrogen-bond acceptors (Lipinski definition) is 2. The lowest BCUT2D eigenvalue weighted by molar-refractivity contribution is -0.141. The number of amides is 2. The number of nitrogens with zero attached hydrogens (tertiary/aromatic N) is 1. The van der Waals surface area contributed by atoms with Gasteiger partial charge in [-0.3, -0.25) is 20.0 Å². The molecule has 0 saturated carbocycles. The Morgan fingerprint density at radius 1 is 1.42 bits per heavy atom. The summed E-state index contributed by atoms with van der Waals surface area (Å²) >= 11 is 0. The fourth-order valence-corrected chi connectivity index (χ4v) is 0.851. The van der Waals surface area contributed by atoms with Crippen LogP contribution in [0.3, 0.4) is 0 Å². The molecule has 70 valence electrons. The molecule has 0 rings (SSSR count). The molecule has 12 heavy (non-hydrogen) atoms. The lowest BCUT2D eigenvalue weighted by Crippen LogP contribution is -2.49. The molecule has 1 N–H and O–H groups in total. The minimum absolute atomic E-state index is 0.0476. The van der Waals surface area contributed by atoms with Crippen LogP contribution in [0.2, 0.25) is 0 Å². The van der Waals surface area contributed by atoms with Crippen molar-refractivity contribution in [2.24, 2.45) is 0 Å². The van der Waals surface area contributed by atoms with E-state index in [0.29, 0.717) is 0 Å². The van der Waals surface area contributed by atoms with Crippen LogP contribution in [-0.2, 0) is 9.59 Å². The molecule has 0 aromatic rings. The van der Waals surface area contributed by atoms with Crippen LogP contribution < -0.4 is 5.43 Å². The van der Waals surface area contributed by atoms with Crippen molar-refractivity contribution in [1.82, 2.24) is 10.4 Å². The Balaban J connectivity index is 4.22. The molecule has 4 nitrogen and oxygen atoms in total. The molecule has 0 aliphatic rings. The van der Waals surface area contributed by atoms with Gasteiger partial charge in [0.05, 0.1) is 6.04 Å². The molecule has 1 atom stereocenters. The Morgan fingerprint density at radius 3 is 2.17 bits per heavy atom. The maximum Gasteiger partial charge on any atom is 0.238 e. The number of carbonyl (C=O) groups is 2. The van der Waals surface area contributed by atoms with Crippen LogP contribution in [0.15, 0.2) is 0 Å². The summed E-state index contributed by atoms with van der Waals surface area (Å²) in [6.07, 6.45) is 0.819. The molecule has 0 radical (unpaired) electrons. The van der Waals surface area contributed by atoms with Crippen molar-refractivity contribution in [3.8, 4) is 0 Å². The lowest BCUT2D eigenvalue weighted by atomic mass is 10.2. The van der Waals surface area contributed by atoms with Crippen molar-refractivity contribution in [3.63, 3.8) is 0 Å². The molecule has 0 aromatic carbocycles. The summed E-state index contributed by atoms with van der Waals surface area (Å²) in [6, 6.07) is 0.0476. The summed E-state index contributed by atoms with van der Waals surface area (Å²) in [7, 11) is 0. The molecule has 4 heteroatoms. The van der Waals surface area contributed by atoms with Crippen molar-refractivity contribution in [1.29, 1.82) is 0 Å². The van der Waals surface area contributed by atoms with Crippen LogP contribution in [0.25, 0.3) is 0 Å². The van der Waals surface area contributed by atoms with Crippen molar-refractivity contribution < 1.29 is 9.59 Å². The van der Waals surface area contributed by atoms with Crippen molar-refractivity contribution >= 4 is 11.8 Å². The summed E-state index contributed by atoms with van der Waals surface area (Å²) < 4.78 is 0. The molecule has 0 heterocycles. The third kappa shape index (κ3) is 3.37. The van der Waals surface area contributed by atoms with E-state index in [1.54, 1.807) is 0 Å². The number of nitrogens with one attached hydrogen (secondary N) is 1. The van der Waals surface area contributed by atoms with Crippen LogP contribution in [-0.4, -0.2) is 22.9 Å². The van der Waals surface area contributed by atoms with Crippen LogP contribution in [0, 0.1) is 0 Å². The van der Waals surface area contributed by atoms with Crippen molar-refractivity contribution in [2.45, 2.75) is 40.2 Å². The van der Waals surface area contributed by atoms with Gasteiger partial charge in [-0.25, -0.2) is 0 Å². The highest BCUT2D eigenvalue weighted by Crippen LogP contribution is 1.99. The van der Waals surface area contributed by atoms with Gasteiger partial charge >= 0.3 is 0 Å². The quantitative estimate of drug-likeness (QED) is 0.623. The summed E-state index contributed by atoms with van der Waals surface area (Å²) in [5, 5.41) is 1.35. The van der Waals surface area contributed by atoms with Gasteiger partial charge in [-0.2, -0.15) is 0 Å². The molecular weight excluding hydrogens is 156 g/mol. The molecule has 0 spiro atoms. The van der Waals surface area contributed by atoms with Crippen LogP contribution in [0.4, 0.5) is 0 Å². The van der Waals surface area contributed by atoms with Gasteiger partial charge in [0.25, 0.3) is 0 Å². The van der Waals surface area contributed by atoms with Crippen molar-refractivity contribution in [2.75, 3.05) is 0 Å². The predicted octanol–water partition coefficient (Wildman–Crippen LogP) is 0.685. The summed E-state index contributed by atoms with van der Waals surface area (Å²) in [5.74, 6) is -0.356. The van der Waals surface area contributed by atoms with Gasteiger partial charge in [0.1, 0.15) is 0 Å². The first-order valence-electron chi connectivity index (χ1n) is 4.06. The average molecular weight is 172 g/mol. The van der Waals surface area contributed by atoms with E-state index in [-0.39, 0.29) is 17.9 Å². The highest BCUT2D eigenvalue weighted by molar-refractivity contribution is 5.79. The fourth-order valence-electron chi connectivity index (χ4n) is 0.851. The smallest absolute Gasteiger partial charge is 0.238 e. The molecule has 0 saturated heterocycles. The molecule has 2 amide bonds. The molecule has 1 unspecified atom stereocenters. The lowest BCUT2D eigenvalue weighted by Gasteiger charge is -2.26. The monoisotopic (exact) mass is 172 g/mol. The van der Waals surface area contributed by atoms with E-state index in [9.17, 15) is 9.59 Å². The zero-order valence-electron chi connectivity index (χ0n) is 8.05. The van der Waals surface area contributed by atoms with E-state index in [1.807, 2.05) is 13.8 Å². The Kier molecular flexibility index (Phi) is 4.33. The van der Waals surface area contributed by atoms with E-state index in [0.717, 1.165) is 6.42 Å². The van der Waals surface area contributed by atoms with E-state index in [2.05, 4.69) is 5.43 Å². The average Bonchev–Trinajstić information content (AvgIpc) is 1.98. The Hall–Kier alpha value is -1.06. The van der Waals surface area contributed by atoms with Gasteiger partial charge in [0.2, 0.25) is 11.8 Å². The predicted molar refractivity (Wildman–Crippen MR) is 46.1 cm³/mol. The van der Waals surface area contributed by atoms with Crippen LogP contribution in [0.1, 0.15) is 34.1 Å². The minimum atomic E-state index is -0.217. The molecule has 0 aliphatic carbocycles. The van der Waals surface area contributed by atoms with Gasteiger partial charge in [-0.05, 0) is 13.3 Å². The second-order valence-electron chi connectivity index (χ2n) is 2.81. The fraction of sp³-hybridized carbons (Fsp3) is 0.750. The van der Waals surface area contributed by atoms with Crippen molar-refractivity contribution in [3.05, 3.63) is 0 Å². The van der Waals surface area contributed by atoms with Crippen LogP contribution in [0.5, 0.6) is 0 Å². The number of hydrazine groups is 1.